The zero-order chi connectivity index (χ0) is 15.2. The van der Waals surface area contributed by atoms with E-state index in [1.165, 1.54) is 0 Å². The molecular formula is C16H22ClNO3. The summed E-state index contributed by atoms with van der Waals surface area (Å²) in [5, 5.41) is 3.22. The van der Waals surface area contributed by atoms with Crippen molar-refractivity contribution in [3.63, 3.8) is 0 Å². The smallest absolute Gasteiger partial charge is 0.255 e. The number of amides is 1. The van der Waals surface area contributed by atoms with Crippen LogP contribution in [-0.2, 0) is 0 Å². The maximum absolute atomic E-state index is 12.3. The molecule has 2 atom stereocenters. The van der Waals surface area contributed by atoms with Gasteiger partial charge in [0.05, 0.1) is 19.8 Å². The first kappa shape index (κ1) is 16.0. The number of methoxy groups -OCH3 is 2. The zero-order valence-electron chi connectivity index (χ0n) is 12.5. The summed E-state index contributed by atoms with van der Waals surface area (Å²) in [4.78, 5) is 12.3. The highest BCUT2D eigenvalue weighted by molar-refractivity contribution is 6.20. The van der Waals surface area contributed by atoms with E-state index >= 15 is 0 Å². The molecule has 1 aliphatic carbocycles. The highest BCUT2D eigenvalue weighted by Crippen LogP contribution is 2.28. The number of benzene rings is 1. The van der Waals surface area contributed by atoms with E-state index in [0.717, 1.165) is 25.7 Å². The number of carbonyl (C=O) groups excluding carboxylic acids is 1. The minimum atomic E-state index is -0.137. The Balaban J connectivity index is 1.99. The highest BCUT2D eigenvalue weighted by Gasteiger charge is 2.21. The normalized spacial score (nSPS) is 21.7. The van der Waals surface area contributed by atoms with E-state index in [4.69, 9.17) is 21.1 Å². The Morgan fingerprint density at radius 2 is 2.14 bits per heavy atom. The largest absolute Gasteiger partial charge is 0.497 e. The van der Waals surface area contributed by atoms with Crippen LogP contribution < -0.4 is 14.8 Å². The molecule has 21 heavy (non-hydrogen) atoms. The Hall–Kier alpha value is -1.42. The molecule has 2 rings (SSSR count). The van der Waals surface area contributed by atoms with Gasteiger partial charge in [-0.05, 0) is 43.4 Å². The van der Waals surface area contributed by atoms with Crippen molar-refractivity contribution in [2.75, 3.05) is 20.8 Å². The lowest BCUT2D eigenvalue weighted by atomic mass is 9.89. The van der Waals surface area contributed by atoms with Crippen molar-refractivity contribution in [3.05, 3.63) is 23.8 Å². The predicted molar refractivity (Wildman–Crippen MR) is 83.5 cm³/mol. The summed E-state index contributed by atoms with van der Waals surface area (Å²) < 4.78 is 10.4. The van der Waals surface area contributed by atoms with Crippen LogP contribution in [0.25, 0.3) is 0 Å². The van der Waals surface area contributed by atoms with Crippen LogP contribution in [0, 0.1) is 5.92 Å². The van der Waals surface area contributed by atoms with Crippen molar-refractivity contribution < 1.29 is 14.3 Å². The van der Waals surface area contributed by atoms with Crippen molar-refractivity contribution >= 4 is 17.5 Å². The molecule has 4 nitrogen and oxygen atoms in total. The van der Waals surface area contributed by atoms with Crippen LogP contribution in [0.5, 0.6) is 11.5 Å². The third kappa shape index (κ3) is 4.27. The molecule has 0 bridgehead atoms. The lowest BCUT2D eigenvalue weighted by molar-refractivity contribution is 0.0940. The molecule has 1 aliphatic rings. The number of alkyl halides is 1. The van der Waals surface area contributed by atoms with Gasteiger partial charge in [0.15, 0.2) is 0 Å². The molecule has 1 aromatic carbocycles. The van der Waals surface area contributed by atoms with Crippen LogP contribution in [-0.4, -0.2) is 32.0 Å². The average molecular weight is 312 g/mol. The van der Waals surface area contributed by atoms with Crippen LogP contribution in [0.4, 0.5) is 0 Å². The number of hydrogen-bond acceptors (Lipinski definition) is 3. The van der Waals surface area contributed by atoms with Gasteiger partial charge in [-0.2, -0.15) is 0 Å². The van der Waals surface area contributed by atoms with Gasteiger partial charge >= 0.3 is 0 Å². The van der Waals surface area contributed by atoms with E-state index in [-0.39, 0.29) is 11.3 Å². The maximum Gasteiger partial charge on any atom is 0.255 e. The van der Waals surface area contributed by atoms with E-state index in [1.54, 1.807) is 32.4 Å². The molecule has 1 aromatic rings. The van der Waals surface area contributed by atoms with Crippen molar-refractivity contribution in [2.24, 2.45) is 5.92 Å². The Kier molecular flexibility index (Phi) is 5.74. The van der Waals surface area contributed by atoms with E-state index < -0.39 is 0 Å². The van der Waals surface area contributed by atoms with Gasteiger partial charge in [-0.1, -0.05) is 6.42 Å². The van der Waals surface area contributed by atoms with Gasteiger partial charge in [0, 0.05) is 11.9 Å². The first-order valence-electron chi connectivity index (χ1n) is 7.28. The highest BCUT2D eigenvalue weighted by atomic mass is 35.5. The summed E-state index contributed by atoms with van der Waals surface area (Å²) in [6, 6.07) is 5.21. The van der Waals surface area contributed by atoms with E-state index in [1.807, 2.05) is 0 Å². The molecule has 0 aromatic heterocycles. The topological polar surface area (TPSA) is 47.6 Å². The second-order valence-electron chi connectivity index (χ2n) is 5.41. The lowest BCUT2D eigenvalue weighted by Gasteiger charge is -2.25. The summed E-state index contributed by atoms with van der Waals surface area (Å²) in [6.45, 7) is 0.655. The van der Waals surface area contributed by atoms with Gasteiger partial charge in [0.1, 0.15) is 11.5 Å². The average Bonchev–Trinajstić information content (AvgIpc) is 2.52. The fourth-order valence-corrected chi connectivity index (χ4v) is 3.14. The molecule has 0 saturated heterocycles. The van der Waals surface area contributed by atoms with Crippen molar-refractivity contribution in [1.29, 1.82) is 0 Å². The molecule has 0 spiro atoms. The lowest BCUT2D eigenvalue weighted by Crippen LogP contribution is -2.32. The van der Waals surface area contributed by atoms with Gasteiger partial charge in [0.2, 0.25) is 0 Å². The molecule has 1 fully saturated rings. The summed E-state index contributed by atoms with van der Waals surface area (Å²) in [6.07, 6.45) is 4.31. The molecule has 0 aliphatic heterocycles. The van der Waals surface area contributed by atoms with Gasteiger partial charge in [-0.3, -0.25) is 4.79 Å². The first-order chi connectivity index (χ1) is 10.1. The molecule has 0 heterocycles. The summed E-state index contributed by atoms with van der Waals surface area (Å²) in [5.74, 6) is 1.51. The number of halogens is 1. The van der Waals surface area contributed by atoms with Gasteiger partial charge in [0.25, 0.3) is 5.91 Å². The number of nitrogens with one attached hydrogen (secondary N) is 1. The van der Waals surface area contributed by atoms with E-state index in [2.05, 4.69) is 5.32 Å². The Morgan fingerprint density at radius 3 is 2.81 bits per heavy atom. The van der Waals surface area contributed by atoms with E-state index in [9.17, 15) is 4.79 Å². The van der Waals surface area contributed by atoms with Crippen LogP contribution in [0.3, 0.4) is 0 Å². The maximum atomic E-state index is 12.3. The quantitative estimate of drug-likeness (QED) is 0.849. The molecule has 1 N–H and O–H groups in total. The Morgan fingerprint density at radius 1 is 1.33 bits per heavy atom. The van der Waals surface area contributed by atoms with Crippen LogP contribution in [0.1, 0.15) is 36.0 Å². The van der Waals surface area contributed by atoms with Crippen molar-refractivity contribution in [1.82, 2.24) is 5.32 Å². The predicted octanol–water partition coefficient (Wildman–Crippen LogP) is 3.23. The first-order valence-corrected chi connectivity index (χ1v) is 7.72. The number of ether oxygens (including phenoxy) is 2. The molecule has 2 unspecified atom stereocenters. The zero-order valence-corrected chi connectivity index (χ0v) is 13.3. The monoisotopic (exact) mass is 311 g/mol. The van der Waals surface area contributed by atoms with Crippen molar-refractivity contribution in [2.45, 2.75) is 31.1 Å². The van der Waals surface area contributed by atoms with Crippen LogP contribution in [0.2, 0.25) is 0 Å². The number of carbonyl (C=O) groups is 1. The third-order valence-corrected chi connectivity index (χ3v) is 4.32. The fourth-order valence-electron chi connectivity index (χ4n) is 2.73. The van der Waals surface area contributed by atoms with Gasteiger partial charge in [-0.25, -0.2) is 0 Å². The van der Waals surface area contributed by atoms with Crippen molar-refractivity contribution in [3.8, 4) is 11.5 Å². The molecule has 5 heteroatoms. The van der Waals surface area contributed by atoms with Crippen LogP contribution in [0.15, 0.2) is 18.2 Å². The third-order valence-electron chi connectivity index (χ3n) is 3.92. The van der Waals surface area contributed by atoms with E-state index in [0.29, 0.717) is 29.5 Å². The van der Waals surface area contributed by atoms with Crippen LogP contribution >= 0.6 is 11.6 Å². The SMILES string of the molecule is COc1ccc(OC)c(C(=O)NCC2CCCC(Cl)C2)c1. The second-order valence-corrected chi connectivity index (χ2v) is 6.02. The summed E-state index contributed by atoms with van der Waals surface area (Å²) in [7, 11) is 3.13. The summed E-state index contributed by atoms with van der Waals surface area (Å²) in [5.41, 5.74) is 0.495. The molecule has 116 valence electrons. The van der Waals surface area contributed by atoms with Gasteiger partial charge in [-0.15, -0.1) is 11.6 Å². The number of rotatable bonds is 5. The molecule has 1 saturated carbocycles. The minimum absolute atomic E-state index is 0.137. The molecular weight excluding hydrogens is 290 g/mol. The molecule has 0 radical (unpaired) electrons. The Bertz CT molecular complexity index is 492. The fraction of sp³-hybridized carbons (Fsp3) is 0.562. The second kappa shape index (κ2) is 7.55. The summed E-state index contributed by atoms with van der Waals surface area (Å²) >= 11 is 6.18. The number of hydrogen-bond donors (Lipinski definition) is 1. The molecule has 1 amide bonds. The van der Waals surface area contributed by atoms with Gasteiger partial charge < -0.3 is 14.8 Å². The minimum Gasteiger partial charge on any atom is -0.497 e. The Labute approximate surface area is 130 Å². The standard InChI is InChI=1S/C16H22ClNO3/c1-20-13-6-7-15(21-2)14(9-13)16(19)18-10-11-4-3-5-12(17)8-11/h6-7,9,11-12H,3-5,8,10H2,1-2H3,(H,18,19).